The lowest BCUT2D eigenvalue weighted by atomic mass is 9.95. The predicted octanol–water partition coefficient (Wildman–Crippen LogP) is 4.66. The molecular weight excluding hydrogens is 282 g/mol. The summed E-state index contributed by atoms with van der Waals surface area (Å²) in [5, 5.41) is 12.4. The molecule has 0 saturated carbocycles. The van der Waals surface area contributed by atoms with Crippen LogP contribution in [0.2, 0.25) is 0 Å². The molecule has 21 heavy (non-hydrogen) atoms. The van der Waals surface area contributed by atoms with E-state index < -0.39 is 5.97 Å². The number of aryl methyl sites for hydroxylation is 1. The standard InChI is InChI=1S/C17H21NO2S/c1-11-5-6-12(16(19)20)9-14(11)18-10-13-7-8-15(21-13)17(2,3)4/h5-9,18H,10H2,1-4H3,(H,19,20). The first-order valence-electron chi connectivity index (χ1n) is 6.94. The largest absolute Gasteiger partial charge is 0.478 e. The number of benzene rings is 1. The number of hydrogen-bond acceptors (Lipinski definition) is 3. The van der Waals surface area contributed by atoms with Crippen LogP contribution in [0.3, 0.4) is 0 Å². The van der Waals surface area contributed by atoms with Crippen molar-refractivity contribution in [1.82, 2.24) is 0 Å². The minimum Gasteiger partial charge on any atom is -0.478 e. The van der Waals surface area contributed by atoms with Crippen molar-refractivity contribution in [3.8, 4) is 0 Å². The molecule has 0 aliphatic heterocycles. The summed E-state index contributed by atoms with van der Waals surface area (Å²) in [6.07, 6.45) is 0. The molecule has 2 N–H and O–H groups in total. The second kappa shape index (κ2) is 5.90. The topological polar surface area (TPSA) is 49.3 Å². The first kappa shape index (κ1) is 15.6. The molecule has 2 aromatic rings. The summed E-state index contributed by atoms with van der Waals surface area (Å²) < 4.78 is 0. The zero-order valence-electron chi connectivity index (χ0n) is 12.9. The summed E-state index contributed by atoms with van der Waals surface area (Å²) in [4.78, 5) is 13.6. The number of rotatable bonds is 4. The van der Waals surface area contributed by atoms with Gasteiger partial charge in [0.2, 0.25) is 0 Å². The van der Waals surface area contributed by atoms with Gasteiger partial charge in [0.25, 0.3) is 0 Å². The summed E-state index contributed by atoms with van der Waals surface area (Å²) in [7, 11) is 0. The Kier molecular flexibility index (Phi) is 4.37. The van der Waals surface area contributed by atoms with Gasteiger partial charge in [-0.1, -0.05) is 26.8 Å². The van der Waals surface area contributed by atoms with E-state index in [1.165, 1.54) is 9.75 Å². The molecule has 3 nitrogen and oxygen atoms in total. The van der Waals surface area contributed by atoms with Gasteiger partial charge in [0, 0.05) is 22.0 Å². The number of carbonyl (C=O) groups is 1. The average molecular weight is 303 g/mol. The van der Waals surface area contributed by atoms with Gasteiger partial charge in [-0.05, 0) is 42.2 Å². The molecule has 0 aliphatic carbocycles. The van der Waals surface area contributed by atoms with E-state index >= 15 is 0 Å². The van der Waals surface area contributed by atoms with Crippen LogP contribution >= 0.6 is 11.3 Å². The van der Waals surface area contributed by atoms with Gasteiger partial charge in [-0.15, -0.1) is 11.3 Å². The van der Waals surface area contributed by atoms with E-state index in [9.17, 15) is 4.79 Å². The fraction of sp³-hybridized carbons (Fsp3) is 0.353. The molecule has 2 rings (SSSR count). The van der Waals surface area contributed by atoms with Crippen LogP contribution in [0.5, 0.6) is 0 Å². The Hall–Kier alpha value is -1.81. The van der Waals surface area contributed by atoms with E-state index in [4.69, 9.17) is 5.11 Å². The minimum absolute atomic E-state index is 0.169. The summed E-state index contributed by atoms with van der Waals surface area (Å²) in [6.45, 7) is 9.30. The van der Waals surface area contributed by atoms with Crippen LogP contribution < -0.4 is 5.32 Å². The van der Waals surface area contributed by atoms with E-state index in [1.807, 2.05) is 13.0 Å². The molecule has 112 valence electrons. The van der Waals surface area contributed by atoms with Crippen LogP contribution in [0.25, 0.3) is 0 Å². The third-order valence-corrected chi connectivity index (χ3v) is 4.85. The molecule has 1 aromatic carbocycles. The van der Waals surface area contributed by atoms with Crippen molar-refractivity contribution in [1.29, 1.82) is 0 Å². The lowest BCUT2D eigenvalue weighted by molar-refractivity contribution is 0.0697. The van der Waals surface area contributed by atoms with Gasteiger partial charge in [-0.3, -0.25) is 0 Å². The number of anilines is 1. The number of aromatic carboxylic acids is 1. The second-order valence-corrected chi connectivity index (χ2v) is 7.37. The molecule has 0 radical (unpaired) electrons. The Morgan fingerprint density at radius 2 is 1.95 bits per heavy atom. The molecule has 0 fully saturated rings. The second-order valence-electron chi connectivity index (χ2n) is 6.20. The van der Waals surface area contributed by atoms with Gasteiger partial charge in [-0.2, -0.15) is 0 Å². The van der Waals surface area contributed by atoms with Crippen LogP contribution in [0, 0.1) is 6.92 Å². The molecule has 0 spiro atoms. The molecule has 1 aromatic heterocycles. The monoisotopic (exact) mass is 303 g/mol. The highest BCUT2D eigenvalue weighted by atomic mass is 32.1. The normalized spacial score (nSPS) is 11.4. The molecule has 0 amide bonds. The summed E-state index contributed by atoms with van der Waals surface area (Å²) in [6, 6.07) is 9.46. The Balaban J connectivity index is 2.11. The number of thiophene rings is 1. The Morgan fingerprint density at radius 3 is 2.52 bits per heavy atom. The fourth-order valence-electron chi connectivity index (χ4n) is 2.00. The number of nitrogens with one attached hydrogen (secondary N) is 1. The molecular formula is C17H21NO2S. The molecule has 0 bridgehead atoms. The third kappa shape index (κ3) is 3.85. The van der Waals surface area contributed by atoms with Crippen molar-refractivity contribution >= 4 is 23.0 Å². The van der Waals surface area contributed by atoms with E-state index in [2.05, 4.69) is 38.2 Å². The van der Waals surface area contributed by atoms with Crippen LogP contribution in [-0.2, 0) is 12.0 Å². The summed E-state index contributed by atoms with van der Waals surface area (Å²) in [5.41, 5.74) is 2.40. The lowest BCUT2D eigenvalue weighted by Crippen LogP contribution is -2.07. The van der Waals surface area contributed by atoms with Crippen LogP contribution in [0.15, 0.2) is 30.3 Å². The predicted molar refractivity (Wildman–Crippen MR) is 88.5 cm³/mol. The molecule has 0 unspecified atom stereocenters. The highest BCUT2D eigenvalue weighted by Crippen LogP contribution is 2.30. The number of hydrogen-bond donors (Lipinski definition) is 2. The molecule has 0 aliphatic rings. The smallest absolute Gasteiger partial charge is 0.335 e. The van der Waals surface area contributed by atoms with E-state index in [0.29, 0.717) is 12.1 Å². The Labute approximate surface area is 129 Å². The van der Waals surface area contributed by atoms with Crippen molar-refractivity contribution in [2.75, 3.05) is 5.32 Å². The third-order valence-electron chi connectivity index (χ3n) is 3.34. The first-order valence-corrected chi connectivity index (χ1v) is 7.76. The van der Waals surface area contributed by atoms with Crippen LogP contribution in [0.4, 0.5) is 5.69 Å². The van der Waals surface area contributed by atoms with Gasteiger partial charge >= 0.3 is 5.97 Å². The van der Waals surface area contributed by atoms with Gasteiger partial charge in [0.15, 0.2) is 0 Å². The van der Waals surface area contributed by atoms with Crippen LogP contribution in [0.1, 0.15) is 46.4 Å². The maximum absolute atomic E-state index is 11.0. The van der Waals surface area contributed by atoms with Crippen LogP contribution in [-0.4, -0.2) is 11.1 Å². The molecule has 1 heterocycles. The highest BCUT2D eigenvalue weighted by Gasteiger charge is 2.16. The number of carboxylic acid groups (broad SMARTS) is 1. The van der Waals surface area contributed by atoms with Gasteiger partial charge in [0.1, 0.15) is 0 Å². The van der Waals surface area contributed by atoms with Crippen molar-refractivity contribution in [2.24, 2.45) is 0 Å². The van der Waals surface area contributed by atoms with Crippen molar-refractivity contribution in [2.45, 2.75) is 39.7 Å². The summed E-state index contributed by atoms with van der Waals surface area (Å²) in [5.74, 6) is -0.899. The average Bonchev–Trinajstić information content (AvgIpc) is 2.86. The van der Waals surface area contributed by atoms with Gasteiger partial charge in [-0.25, -0.2) is 4.79 Å². The maximum Gasteiger partial charge on any atom is 0.335 e. The minimum atomic E-state index is -0.899. The van der Waals surface area contributed by atoms with E-state index in [1.54, 1.807) is 23.5 Å². The maximum atomic E-state index is 11.0. The zero-order valence-corrected chi connectivity index (χ0v) is 13.7. The van der Waals surface area contributed by atoms with Gasteiger partial charge in [0.05, 0.1) is 5.56 Å². The van der Waals surface area contributed by atoms with Gasteiger partial charge < -0.3 is 10.4 Å². The zero-order chi connectivity index (χ0) is 15.6. The fourth-order valence-corrected chi connectivity index (χ4v) is 3.01. The highest BCUT2D eigenvalue weighted by molar-refractivity contribution is 7.12. The lowest BCUT2D eigenvalue weighted by Gasteiger charge is -2.15. The van der Waals surface area contributed by atoms with Crippen molar-refractivity contribution in [3.63, 3.8) is 0 Å². The Bertz CT molecular complexity index is 653. The summed E-state index contributed by atoms with van der Waals surface area (Å²) >= 11 is 1.80. The van der Waals surface area contributed by atoms with E-state index in [-0.39, 0.29) is 5.41 Å². The van der Waals surface area contributed by atoms with Crippen molar-refractivity contribution < 1.29 is 9.90 Å². The molecule has 4 heteroatoms. The first-order chi connectivity index (χ1) is 9.77. The Morgan fingerprint density at radius 1 is 1.24 bits per heavy atom. The van der Waals surface area contributed by atoms with Crippen molar-refractivity contribution in [3.05, 3.63) is 51.2 Å². The molecule has 0 saturated heterocycles. The van der Waals surface area contributed by atoms with E-state index in [0.717, 1.165) is 11.3 Å². The SMILES string of the molecule is Cc1ccc(C(=O)O)cc1NCc1ccc(C(C)(C)C)s1. The number of carboxylic acids is 1. The quantitative estimate of drug-likeness (QED) is 0.863. The molecule has 0 atom stereocenters.